The van der Waals surface area contributed by atoms with E-state index < -0.39 is 15.8 Å². The molecule has 0 radical (unpaired) electrons. The highest BCUT2D eigenvalue weighted by Gasteiger charge is 2.31. The van der Waals surface area contributed by atoms with E-state index in [1.807, 2.05) is 12.1 Å². The van der Waals surface area contributed by atoms with Crippen LogP contribution in [0.4, 0.5) is 4.39 Å². The molecule has 0 atom stereocenters. The molecule has 2 aliphatic heterocycles. The second kappa shape index (κ2) is 9.40. The van der Waals surface area contributed by atoms with Crippen molar-refractivity contribution >= 4 is 21.5 Å². The number of rotatable bonds is 5. The first kappa shape index (κ1) is 22.4. The minimum Gasteiger partial charge on any atom is -0.508 e. The number of carbonyl (C=O) groups excluding carboxylic acids is 1. The second-order valence-corrected chi connectivity index (χ2v) is 9.94. The fraction of sp³-hybridized carbons (Fsp3) is 0.348. The van der Waals surface area contributed by atoms with Crippen LogP contribution in [0.3, 0.4) is 0 Å². The summed E-state index contributed by atoms with van der Waals surface area (Å²) in [6.07, 6.45) is 2.92. The quantitative estimate of drug-likeness (QED) is 0.741. The number of aromatic hydroxyl groups is 1. The van der Waals surface area contributed by atoms with Crippen molar-refractivity contribution in [3.8, 4) is 5.75 Å². The summed E-state index contributed by atoms with van der Waals surface area (Å²) in [5.74, 6) is -0.375. The normalized spacial score (nSPS) is 18.4. The Bertz CT molecular complexity index is 1110. The fourth-order valence-corrected chi connectivity index (χ4v) is 5.49. The molecule has 0 bridgehead atoms. The van der Waals surface area contributed by atoms with Gasteiger partial charge in [-0.3, -0.25) is 9.69 Å². The van der Waals surface area contributed by atoms with Gasteiger partial charge in [-0.2, -0.15) is 4.31 Å². The van der Waals surface area contributed by atoms with Crippen LogP contribution in [-0.2, 0) is 14.8 Å². The van der Waals surface area contributed by atoms with Crippen molar-refractivity contribution in [2.75, 3.05) is 45.8 Å². The third kappa shape index (κ3) is 5.01. The molecule has 2 aromatic rings. The lowest BCUT2D eigenvalue weighted by molar-refractivity contribution is -0.133. The Morgan fingerprint density at radius 3 is 2.34 bits per heavy atom. The van der Waals surface area contributed by atoms with Gasteiger partial charge in [0.2, 0.25) is 15.9 Å². The molecule has 1 amide bonds. The SMILES string of the molecule is O=C(CN1CC=C(c2ccc(O)cc2)CC1)N1CCN(S(=O)(=O)c2cccc(F)c2)CC1. The number of sulfonamides is 1. The molecule has 0 unspecified atom stereocenters. The summed E-state index contributed by atoms with van der Waals surface area (Å²) >= 11 is 0. The zero-order valence-electron chi connectivity index (χ0n) is 17.7. The van der Waals surface area contributed by atoms with Crippen molar-refractivity contribution < 1.29 is 22.7 Å². The molecule has 2 aliphatic rings. The molecule has 1 saturated heterocycles. The molecule has 0 spiro atoms. The Morgan fingerprint density at radius 1 is 1.00 bits per heavy atom. The summed E-state index contributed by atoms with van der Waals surface area (Å²) < 4.78 is 40.2. The molecule has 7 nitrogen and oxygen atoms in total. The Labute approximate surface area is 187 Å². The lowest BCUT2D eigenvalue weighted by Crippen LogP contribution is -2.52. The van der Waals surface area contributed by atoms with Gasteiger partial charge in [0.25, 0.3) is 0 Å². The molecule has 0 saturated carbocycles. The first-order chi connectivity index (χ1) is 15.3. The highest BCUT2D eigenvalue weighted by Crippen LogP contribution is 2.24. The Hall–Kier alpha value is -2.75. The molecule has 2 aromatic carbocycles. The van der Waals surface area contributed by atoms with E-state index in [1.165, 1.54) is 28.1 Å². The third-order valence-electron chi connectivity index (χ3n) is 5.92. The van der Waals surface area contributed by atoms with Crippen molar-refractivity contribution in [3.63, 3.8) is 0 Å². The molecule has 1 fully saturated rings. The number of phenols is 1. The number of hydrogen-bond acceptors (Lipinski definition) is 5. The summed E-state index contributed by atoms with van der Waals surface area (Å²) in [6, 6.07) is 12.1. The topological polar surface area (TPSA) is 81.2 Å². The van der Waals surface area contributed by atoms with Gasteiger partial charge < -0.3 is 10.0 Å². The summed E-state index contributed by atoms with van der Waals surface area (Å²) in [5.41, 5.74) is 2.27. The molecule has 4 rings (SSSR count). The standard InChI is InChI=1S/C23H26FN3O4S/c24-20-2-1-3-22(16-20)32(30,31)27-14-12-26(13-15-27)23(29)17-25-10-8-19(9-11-25)18-4-6-21(28)7-5-18/h1-8,16,28H,9-15,17H2. The fourth-order valence-electron chi connectivity index (χ4n) is 4.04. The van der Waals surface area contributed by atoms with E-state index in [9.17, 15) is 22.7 Å². The first-order valence-electron chi connectivity index (χ1n) is 10.6. The molecule has 9 heteroatoms. The Kier molecular flexibility index (Phi) is 6.59. The van der Waals surface area contributed by atoms with E-state index in [2.05, 4.69) is 11.0 Å². The Balaban J connectivity index is 1.29. The van der Waals surface area contributed by atoms with Crippen molar-refractivity contribution in [1.82, 2.24) is 14.1 Å². The van der Waals surface area contributed by atoms with Crippen LogP contribution in [0.25, 0.3) is 5.57 Å². The van der Waals surface area contributed by atoms with Gasteiger partial charge >= 0.3 is 0 Å². The van der Waals surface area contributed by atoms with E-state index >= 15 is 0 Å². The maximum atomic E-state index is 13.4. The smallest absolute Gasteiger partial charge is 0.243 e. The van der Waals surface area contributed by atoms with Crippen molar-refractivity contribution in [1.29, 1.82) is 0 Å². The van der Waals surface area contributed by atoms with Crippen LogP contribution in [0.5, 0.6) is 5.75 Å². The average Bonchev–Trinajstić information content (AvgIpc) is 2.80. The summed E-state index contributed by atoms with van der Waals surface area (Å²) in [4.78, 5) is 16.4. The maximum absolute atomic E-state index is 13.4. The van der Waals surface area contributed by atoms with Crippen molar-refractivity contribution in [3.05, 3.63) is 66.0 Å². The van der Waals surface area contributed by atoms with Gasteiger partial charge in [0, 0.05) is 39.3 Å². The largest absolute Gasteiger partial charge is 0.508 e. The van der Waals surface area contributed by atoms with Crippen LogP contribution < -0.4 is 0 Å². The number of nitrogens with zero attached hydrogens (tertiary/aromatic N) is 3. The molecular formula is C23H26FN3O4S. The second-order valence-electron chi connectivity index (χ2n) is 8.00. The Morgan fingerprint density at radius 2 is 1.72 bits per heavy atom. The lowest BCUT2D eigenvalue weighted by atomic mass is 9.99. The van der Waals surface area contributed by atoms with E-state index in [-0.39, 0.29) is 36.2 Å². The van der Waals surface area contributed by atoms with E-state index in [1.54, 1.807) is 17.0 Å². The number of piperazine rings is 1. The van der Waals surface area contributed by atoms with Crippen LogP contribution in [0.1, 0.15) is 12.0 Å². The lowest BCUT2D eigenvalue weighted by Gasteiger charge is -2.35. The predicted octanol–water partition coefficient (Wildman–Crippen LogP) is 2.15. The van der Waals surface area contributed by atoms with Gasteiger partial charge in [-0.05, 0) is 47.9 Å². The van der Waals surface area contributed by atoms with Crippen LogP contribution in [0, 0.1) is 5.82 Å². The number of carbonyl (C=O) groups is 1. The zero-order chi connectivity index (χ0) is 22.7. The third-order valence-corrected chi connectivity index (χ3v) is 7.81. The first-order valence-corrected chi connectivity index (χ1v) is 12.0. The number of benzene rings is 2. The van der Waals surface area contributed by atoms with Gasteiger partial charge in [-0.25, -0.2) is 12.8 Å². The van der Waals surface area contributed by atoms with Crippen LogP contribution in [0.2, 0.25) is 0 Å². The summed E-state index contributed by atoms with van der Waals surface area (Å²) in [6.45, 7) is 2.72. The van der Waals surface area contributed by atoms with E-state index in [4.69, 9.17) is 0 Å². The van der Waals surface area contributed by atoms with Crippen LogP contribution in [-0.4, -0.2) is 79.3 Å². The van der Waals surface area contributed by atoms with Crippen LogP contribution in [0.15, 0.2) is 59.5 Å². The summed E-state index contributed by atoms with van der Waals surface area (Å²) in [5, 5.41) is 9.43. The molecule has 1 N–H and O–H groups in total. The minimum atomic E-state index is -3.77. The molecular weight excluding hydrogens is 433 g/mol. The van der Waals surface area contributed by atoms with Gasteiger partial charge in [0.05, 0.1) is 11.4 Å². The molecule has 2 heterocycles. The molecule has 32 heavy (non-hydrogen) atoms. The molecule has 0 aliphatic carbocycles. The van der Waals surface area contributed by atoms with Gasteiger partial charge in [-0.1, -0.05) is 24.3 Å². The number of halogens is 1. The maximum Gasteiger partial charge on any atom is 0.243 e. The average molecular weight is 460 g/mol. The van der Waals surface area contributed by atoms with Crippen molar-refractivity contribution in [2.24, 2.45) is 0 Å². The summed E-state index contributed by atoms with van der Waals surface area (Å²) in [7, 11) is -3.77. The van der Waals surface area contributed by atoms with Gasteiger partial charge in [0.1, 0.15) is 11.6 Å². The zero-order valence-corrected chi connectivity index (χ0v) is 18.5. The number of hydrogen-bond donors (Lipinski definition) is 1. The van der Waals surface area contributed by atoms with Crippen LogP contribution >= 0.6 is 0 Å². The number of phenolic OH excluding ortho intramolecular Hbond substituents is 1. The minimum absolute atomic E-state index is 0.0192. The van der Waals surface area contributed by atoms with Gasteiger partial charge in [0.15, 0.2) is 0 Å². The van der Waals surface area contributed by atoms with Crippen molar-refractivity contribution in [2.45, 2.75) is 11.3 Å². The monoisotopic (exact) mass is 459 g/mol. The number of amides is 1. The highest BCUT2D eigenvalue weighted by atomic mass is 32.2. The molecule has 0 aromatic heterocycles. The van der Waals surface area contributed by atoms with E-state index in [0.29, 0.717) is 19.6 Å². The predicted molar refractivity (Wildman–Crippen MR) is 119 cm³/mol. The van der Waals surface area contributed by atoms with E-state index in [0.717, 1.165) is 24.6 Å². The highest BCUT2D eigenvalue weighted by molar-refractivity contribution is 7.89. The molecule has 170 valence electrons. The van der Waals surface area contributed by atoms with Gasteiger partial charge in [-0.15, -0.1) is 0 Å².